The Labute approximate surface area is 128 Å². The van der Waals surface area contributed by atoms with E-state index in [0.717, 1.165) is 17.0 Å². The zero-order chi connectivity index (χ0) is 14.8. The van der Waals surface area contributed by atoms with Crippen molar-refractivity contribution in [3.05, 3.63) is 79.1 Å². The maximum Gasteiger partial charge on any atom is 0.229 e. The summed E-state index contributed by atoms with van der Waals surface area (Å²) in [7, 11) is 0. The second kappa shape index (κ2) is 5.33. The third-order valence-corrected chi connectivity index (χ3v) is 3.52. The van der Waals surface area contributed by atoms with Crippen molar-refractivity contribution in [2.24, 2.45) is 0 Å². The van der Waals surface area contributed by atoms with Crippen molar-refractivity contribution in [3.8, 4) is 5.82 Å². The minimum Gasteiger partial charge on any atom is -0.324 e. The normalized spacial score (nSPS) is 10.7. The van der Waals surface area contributed by atoms with Gasteiger partial charge in [-0.1, -0.05) is 36.4 Å². The lowest BCUT2D eigenvalue weighted by molar-refractivity contribution is 1.02. The second-order valence-electron chi connectivity index (χ2n) is 4.97. The van der Waals surface area contributed by atoms with E-state index >= 15 is 0 Å². The third-order valence-electron chi connectivity index (χ3n) is 3.52. The van der Waals surface area contributed by atoms with Crippen LogP contribution in [0.1, 0.15) is 0 Å². The van der Waals surface area contributed by atoms with E-state index in [1.807, 2.05) is 54.7 Å². The van der Waals surface area contributed by atoms with Crippen LogP contribution in [-0.2, 0) is 0 Å². The highest BCUT2D eigenvalue weighted by Gasteiger charge is 2.05. The van der Waals surface area contributed by atoms with E-state index in [2.05, 4.69) is 38.1 Å². The van der Waals surface area contributed by atoms with Gasteiger partial charge in [0.05, 0.1) is 5.52 Å². The maximum absolute atomic E-state index is 4.60. The van der Waals surface area contributed by atoms with Gasteiger partial charge in [-0.05, 0) is 35.7 Å². The number of nitrogens with zero attached hydrogens (tertiary/aromatic N) is 3. The van der Waals surface area contributed by atoms with Crippen molar-refractivity contribution < 1.29 is 0 Å². The van der Waals surface area contributed by atoms with E-state index < -0.39 is 0 Å². The Morgan fingerprint density at radius 2 is 1.64 bits per heavy atom. The summed E-state index contributed by atoms with van der Waals surface area (Å²) in [5, 5.41) is 4.41. The van der Waals surface area contributed by atoms with E-state index in [1.54, 1.807) is 6.20 Å². The molecule has 0 amide bonds. The van der Waals surface area contributed by atoms with Gasteiger partial charge in [0.15, 0.2) is 0 Å². The Morgan fingerprint density at radius 3 is 2.55 bits per heavy atom. The van der Waals surface area contributed by atoms with Crippen LogP contribution >= 0.6 is 0 Å². The molecular weight excluding hydrogens is 272 g/mol. The standard InChI is InChI=1S/C18H14N4/c1-2-7-15(8-3-1)20-18-19-12-10-17(21-18)22-13-11-14-6-4-5-9-16(14)22/h1-13H,(H,19,20,21). The Balaban J connectivity index is 1.73. The van der Waals surface area contributed by atoms with Crippen molar-refractivity contribution in [3.63, 3.8) is 0 Å². The molecule has 0 saturated heterocycles. The first-order valence-corrected chi connectivity index (χ1v) is 7.12. The molecule has 22 heavy (non-hydrogen) atoms. The van der Waals surface area contributed by atoms with Gasteiger partial charge in [-0.2, -0.15) is 4.98 Å². The molecule has 0 bridgehead atoms. The summed E-state index contributed by atoms with van der Waals surface area (Å²) in [5.74, 6) is 1.43. The number of nitrogens with one attached hydrogen (secondary N) is 1. The molecule has 0 spiro atoms. The molecule has 4 heteroatoms. The van der Waals surface area contributed by atoms with Crippen molar-refractivity contribution in [2.45, 2.75) is 0 Å². The van der Waals surface area contributed by atoms with Crippen LogP contribution < -0.4 is 5.32 Å². The van der Waals surface area contributed by atoms with Crippen molar-refractivity contribution in [1.82, 2.24) is 14.5 Å². The van der Waals surface area contributed by atoms with Crippen LogP contribution in [0.2, 0.25) is 0 Å². The third kappa shape index (κ3) is 2.31. The number of fused-ring (bicyclic) bond motifs is 1. The zero-order valence-corrected chi connectivity index (χ0v) is 11.8. The number of anilines is 2. The van der Waals surface area contributed by atoms with Crippen LogP contribution in [0.25, 0.3) is 16.7 Å². The number of rotatable bonds is 3. The van der Waals surface area contributed by atoms with Crippen LogP contribution in [0.4, 0.5) is 11.6 Å². The van der Waals surface area contributed by atoms with Gasteiger partial charge >= 0.3 is 0 Å². The molecule has 2 aromatic carbocycles. The topological polar surface area (TPSA) is 42.7 Å². The van der Waals surface area contributed by atoms with Crippen molar-refractivity contribution in [1.29, 1.82) is 0 Å². The predicted molar refractivity (Wildman–Crippen MR) is 88.6 cm³/mol. The van der Waals surface area contributed by atoms with Crippen LogP contribution in [0.15, 0.2) is 79.1 Å². The van der Waals surface area contributed by atoms with Gasteiger partial charge in [-0.25, -0.2) is 4.98 Å². The van der Waals surface area contributed by atoms with Gasteiger partial charge in [0.2, 0.25) is 5.95 Å². The Kier molecular flexibility index (Phi) is 3.05. The molecule has 4 rings (SSSR count). The molecule has 2 aromatic heterocycles. The summed E-state index contributed by atoms with van der Waals surface area (Å²) in [6.07, 6.45) is 3.79. The fraction of sp³-hybridized carbons (Fsp3) is 0. The fourth-order valence-corrected chi connectivity index (χ4v) is 2.48. The number of hydrogen-bond acceptors (Lipinski definition) is 3. The molecule has 0 atom stereocenters. The zero-order valence-electron chi connectivity index (χ0n) is 11.8. The smallest absolute Gasteiger partial charge is 0.229 e. The van der Waals surface area contributed by atoms with E-state index in [0.29, 0.717) is 5.95 Å². The van der Waals surface area contributed by atoms with Gasteiger partial charge in [-0.3, -0.25) is 0 Å². The summed E-state index contributed by atoms with van der Waals surface area (Å²) < 4.78 is 2.06. The van der Waals surface area contributed by atoms with Gasteiger partial charge < -0.3 is 9.88 Å². The van der Waals surface area contributed by atoms with Crippen molar-refractivity contribution in [2.75, 3.05) is 5.32 Å². The maximum atomic E-state index is 4.60. The molecule has 1 N–H and O–H groups in total. The molecule has 0 saturated carbocycles. The van der Waals surface area contributed by atoms with Gasteiger partial charge in [-0.15, -0.1) is 0 Å². The first-order valence-electron chi connectivity index (χ1n) is 7.12. The lowest BCUT2D eigenvalue weighted by Crippen LogP contribution is -2.01. The second-order valence-corrected chi connectivity index (χ2v) is 4.97. The van der Waals surface area contributed by atoms with Crippen LogP contribution in [0.5, 0.6) is 0 Å². The van der Waals surface area contributed by atoms with Crippen molar-refractivity contribution >= 4 is 22.5 Å². The van der Waals surface area contributed by atoms with Gasteiger partial charge in [0.1, 0.15) is 5.82 Å². The molecule has 0 aliphatic carbocycles. The quantitative estimate of drug-likeness (QED) is 0.615. The summed E-state index contributed by atoms with van der Waals surface area (Å²) >= 11 is 0. The first-order chi connectivity index (χ1) is 10.9. The van der Waals surface area contributed by atoms with E-state index in [-0.39, 0.29) is 0 Å². The molecule has 0 aliphatic rings. The van der Waals surface area contributed by atoms with Crippen LogP contribution in [-0.4, -0.2) is 14.5 Å². The molecule has 106 valence electrons. The molecule has 2 heterocycles. The van der Waals surface area contributed by atoms with Crippen LogP contribution in [0.3, 0.4) is 0 Å². The first kappa shape index (κ1) is 12.6. The van der Waals surface area contributed by atoms with E-state index in [4.69, 9.17) is 0 Å². The number of para-hydroxylation sites is 2. The minimum atomic E-state index is 0.585. The Morgan fingerprint density at radius 1 is 0.818 bits per heavy atom. The molecule has 4 aromatic rings. The number of hydrogen-bond donors (Lipinski definition) is 1. The van der Waals surface area contributed by atoms with Crippen LogP contribution in [0, 0.1) is 0 Å². The molecule has 0 unspecified atom stereocenters. The molecule has 4 nitrogen and oxygen atoms in total. The lowest BCUT2D eigenvalue weighted by atomic mass is 10.2. The molecule has 0 fully saturated rings. The Bertz CT molecular complexity index is 912. The van der Waals surface area contributed by atoms with E-state index in [9.17, 15) is 0 Å². The number of aromatic nitrogens is 3. The average Bonchev–Trinajstić information content (AvgIpc) is 3.00. The molecule has 0 aliphatic heterocycles. The highest BCUT2D eigenvalue weighted by Crippen LogP contribution is 2.20. The predicted octanol–water partition coefficient (Wildman–Crippen LogP) is 4.16. The summed E-state index contributed by atoms with van der Waals surface area (Å²) in [4.78, 5) is 8.89. The summed E-state index contributed by atoms with van der Waals surface area (Å²) in [5.41, 5.74) is 2.10. The minimum absolute atomic E-state index is 0.585. The lowest BCUT2D eigenvalue weighted by Gasteiger charge is -2.08. The average molecular weight is 286 g/mol. The van der Waals surface area contributed by atoms with E-state index in [1.165, 1.54) is 5.39 Å². The summed E-state index contributed by atoms with van der Waals surface area (Å²) in [6.45, 7) is 0. The molecule has 0 radical (unpaired) electrons. The van der Waals surface area contributed by atoms with Gasteiger partial charge in [0, 0.05) is 18.1 Å². The highest BCUT2D eigenvalue weighted by atomic mass is 15.2. The summed E-state index contributed by atoms with van der Waals surface area (Å²) in [6, 6.07) is 22.1. The van der Waals surface area contributed by atoms with Gasteiger partial charge in [0.25, 0.3) is 0 Å². The highest BCUT2D eigenvalue weighted by molar-refractivity contribution is 5.81. The number of benzene rings is 2. The SMILES string of the molecule is c1ccc(Nc2nccc(-n3ccc4ccccc43)n2)cc1. The fourth-order valence-electron chi connectivity index (χ4n) is 2.48. The molecular formula is C18H14N4. The largest absolute Gasteiger partial charge is 0.324 e. The monoisotopic (exact) mass is 286 g/mol. The Hall–Kier alpha value is -3.14.